The third-order valence-corrected chi connectivity index (χ3v) is 5.63. The van der Waals surface area contributed by atoms with E-state index in [1.807, 2.05) is 32.0 Å². The Morgan fingerprint density at radius 2 is 1.72 bits per heavy atom. The number of H-pyrrole nitrogens is 1. The van der Waals surface area contributed by atoms with Crippen LogP contribution in [0.4, 0.5) is 5.69 Å². The van der Waals surface area contributed by atoms with Crippen LogP contribution in [0, 0.1) is 0 Å². The van der Waals surface area contributed by atoms with Crippen molar-refractivity contribution in [3.63, 3.8) is 0 Å². The third-order valence-electron chi connectivity index (χ3n) is 5.63. The quantitative estimate of drug-likeness (QED) is 0.488. The smallest absolute Gasteiger partial charge is 0.280 e. The molecule has 0 bridgehead atoms. The first-order valence-corrected chi connectivity index (χ1v) is 11.4. The molecule has 1 heterocycles. The van der Waals surface area contributed by atoms with Crippen LogP contribution in [0.2, 0.25) is 0 Å². The molecule has 3 rings (SSSR count). The Balaban J connectivity index is 1.96. The number of hydrogen-bond acceptors (Lipinski definition) is 3. The van der Waals surface area contributed by atoms with E-state index in [9.17, 15) is 9.59 Å². The summed E-state index contributed by atoms with van der Waals surface area (Å²) in [6.45, 7) is 9.43. The van der Waals surface area contributed by atoms with E-state index in [0.717, 1.165) is 36.2 Å². The molecule has 2 aromatic carbocycles. The normalized spacial score (nSPS) is 11.2. The molecule has 0 atom stereocenters. The van der Waals surface area contributed by atoms with Crippen molar-refractivity contribution >= 4 is 17.8 Å². The van der Waals surface area contributed by atoms with Crippen LogP contribution in [0.15, 0.2) is 58.3 Å². The number of rotatable bonds is 9. The predicted octanol–water partition coefficient (Wildman–Crippen LogP) is 4.91. The average molecular weight is 433 g/mol. The molecule has 1 aromatic heterocycles. The number of carbonyl (C=O) groups excluding carboxylic acids is 1. The molecule has 3 aromatic rings. The second-order valence-corrected chi connectivity index (χ2v) is 7.66. The molecule has 0 saturated carbocycles. The first-order chi connectivity index (χ1) is 15.5. The van der Waals surface area contributed by atoms with Gasteiger partial charge in [0.15, 0.2) is 0 Å². The maximum atomic E-state index is 13.2. The summed E-state index contributed by atoms with van der Waals surface area (Å²) in [5.41, 5.74) is 4.61. The second kappa shape index (κ2) is 10.8. The van der Waals surface area contributed by atoms with Gasteiger partial charge in [-0.05, 0) is 62.6 Å². The maximum absolute atomic E-state index is 13.2. The predicted molar refractivity (Wildman–Crippen MR) is 131 cm³/mol. The lowest BCUT2D eigenvalue weighted by atomic mass is 10.1. The van der Waals surface area contributed by atoms with Crippen LogP contribution in [-0.2, 0) is 12.8 Å². The number of carbonyl (C=O) groups is 1. The summed E-state index contributed by atoms with van der Waals surface area (Å²) in [6, 6.07) is 15.1. The van der Waals surface area contributed by atoms with Gasteiger partial charge in [0.1, 0.15) is 0 Å². The van der Waals surface area contributed by atoms with E-state index < -0.39 is 0 Å². The van der Waals surface area contributed by atoms with Crippen molar-refractivity contribution < 1.29 is 4.79 Å². The number of nitrogens with zero attached hydrogens (tertiary/aromatic N) is 3. The molecule has 168 valence electrons. The Hall–Kier alpha value is -3.41. The Morgan fingerprint density at radius 3 is 2.34 bits per heavy atom. The van der Waals surface area contributed by atoms with Gasteiger partial charge < -0.3 is 4.90 Å². The molecule has 1 amide bonds. The van der Waals surface area contributed by atoms with E-state index in [1.54, 1.807) is 35.4 Å². The molecule has 0 unspecified atom stereocenters. The number of aromatic amines is 1. The zero-order valence-corrected chi connectivity index (χ0v) is 19.4. The number of aromatic nitrogens is 2. The number of aryl methyl sites for hydroxylation is 2. The van der Waals surface area contributed by atoms with Crippen molar-refractivity contribution in [2.75, 3.05) is 13.1 Å². The Labute approximate surface area is 189 Å². The Morgan fingerprint density at radius 1 is 1.03 bits per heavy atom. The summed E-state index contributed by atoms with van der Waals surface area (Å²) in [5.74, 6) is -0.00512. The van der Waals surface area contributed by atoms with Gasteiger partial charge in [-0.25, -0.2) is 4.68 Å². The number of nitrogens with one attached hydrogen (secondary N) is 1. The van der Waals surface area contributed by atoms with E-state index in [2.05, 4.69) is 30.0 Å². The van der Waals surface area contributed by atoms with E-state index in [-0.39, 0.29) is 11.5 Å². The third kappa shape index (κ3) is 4.90. The van der Waals surface area contributed by atoms with Crippen molar-refractivity contribution in [1.29, 1.82) is 0 Å². The number of aliphatic imine (C=N–C) groups is 1. The van der Waals surface area contributed by atoms with Gasteiger partial charge in [0, 0.05) is 30.6 Å². The number of benzene rings is 2. The standard InChI is InChI=1S/C26H32N4O2/c1-5-11-24-22(18-27-23-13-10-9-12-19(23)6-2)26(32)30(28-24)21-16-14-20(15-17-21)25(31)29(7-3)8-4/h9-10,12-18,28H,5-8,11H2,1-4H3. The summed E-state index contributed by atoms with van der Waals surface area (Å²) >= 11 is 0. The summed E-state index contributed by atoms with van der Waals surface area (Å²) in [6.07, 6.45) is 4.21. The summed E-state index contributed by atoms with van der Waals surface area (Å²) < 4.78 is 1.53. The molecule has 0 aliphatic carbocycles. The molecule has 6 nitrogen and oxygen atoms in total. The Bertz CT molecular complexity index is 1140. The molecule has 0 spiro atoms. The molecule has 1 N–H and O–H groups in total. The van der Waals surface area contributed by atoms with Crippen molar-refractivity contribution in [3.8, 4) is 5.69 Å². The van der Waals surface area contributed by atoms with Crippen LogP contribution in [0.25, 0.3) is 5.69 Å². The van der Waals surface area contributed by atoms with E-state index in [0.29, 0.717) is 29.9 Å². The van der Waals surface area contributed by atoms with Gasteiger partial charge >= 0.3 is 0 Å². The molecular weight excluding hydrogens is 400 g/mol. The van der Waals surface area contributed by atoms with E-state index >= 15 is 0 Å². The first-order valence-electron chi connectivity index (χ1n) is 11.4. The largest absolute Gasteiger partial charge is 0.339 e. The highest BCUT2D eigenvalue weighted by molar-refractivity contribution is 5.94. The van der Waals surface area contributed by atoms with Gasteiger partial charge in [-0.2, -0.15) is 0 Å². The van der Waals surface area contributed by atoms with Crippen LogP contribution >= 0.6 is 0 Å². The molecule has 0 aliphatic rings. The maximum Gasteiger partial charge on any atom is 0.280 e. The highest BCUT2D eigenvalue weighted by Crippen LogP contribution is 2.19. The molecule has 0 fully saturated rings. The van der Waals surface area contributed by atoms with Crippen molar-refractivity contribution in [2.24, 2.45) is 4.99 Å². The first kappa shape index (κ1) is 23.3. The van der Waals surface area contributed by atoms with Crippen LogP contribution in [0.5, 0.6) is 0 Å². The lowest BCUT2D eigenvalue weighted by molar-refractivity contribution is 0.0773. The highest BCUT2D eigenvalue weighted by atomic mass is 16.2. The van der Waals surface area contributed by atoms with Crippen LogP contribution in [-0.4, -0.2) is 39.9 Å². The Kier molecular flexibility index (Phi) is 7.82. The van der Waals surface area contributed by atoms with Gasteiger partial charge in [0.2, 0.25) is 0 Å². The van der Waals surface area contributed by atoms with Gasteiger partial charge in [-0.15, -0.1) is 0 Å². The molecule has 0 aliphatic heterocycles. The summed E-state index contributed by atoms with van der Waals surface area (Å²) in [4.78, 5) is 32.2. The topological polar surface area (TPSA) is 70.5 Å². The van der Waals surface area contributed by atoms with Gasteiger partial charge in [0.25, 0.3) is 11.5 Å². The van der Waals surface area contributed by atoms with Crippen LogP contribution in [0.1, 0.15) is 61.3 Å². The lowest BCUT2D eigenvalue weighted by Gasteiger charge is -2.18. The second-order valence-electron chi connectivity index (χ2n) is 7.66. The number of hydrogen-bond donors (Lipinski definition) is 1. The van der Waals surface area contributed by atoms with Crippen LogP contribution < -0.4 is 5.56 Å². The fourth-order valence-corrected chi connectivity index (χ4v) is 3.77. The molecule has 0 saturated heterocycles. The average Bonchev–Trinajstić information content (AvgIpc) is 3.13. The highest BCUT2D eigenvalue weighted by Gasteiger charge is 2.16. The lowest BCUT2D eigenvalue weighted by Crippen LogP contribution is -2.30. The fraction of sp³-hybridized carbons (Fsp3) is 0.346. The molecule has 6 heteroatoms. The van der Waals surface area contributed by atoms with Crippen molar-refractivity contribution in [2.45, 2.75) is 47.0 Å². The minimum absolute atomic E-state index is 0.00512. The minimum Gasteiger partial charge on any atom is -0.339 e. The van der Waals surface area contributed by atoms with E-state index in [4.69, 9.17) is 0 Å². The molecular formula is C26H32N4O2. The number of para-hydroxylation sites is 1. The SMILES string of the molecule is CCCc1[nH]n(-c2ccc(C(=O)N(CC)CC)cc2)c(=O)c1C=Nc1ccccc1CC. The summed E-state index contributed by atoms with van der Waals surface area (Å²) in [5, 5.41) is 3.24. The van der Waals surface area contributed by atoms with E-state index in [1.165, 1.54) is 4.68 Å². The van der Waals surface area contributed by atoms with Crippen molar-refractivity contribution in [1.82, 2.24) is 14.7 Å². The monoisotopic (exact) mass is 432 g/mol. The zero-order valence-electron chi connectivity index (χ0n) is 19.4. The zero-order chi connectivity index (χ0) is 23.1. The molecule has 0 radical (unpaired) electrons. The fourth-order valence-electron chi connectivity index (χ4n) is 3.77. The van der Waals surface area contributed by atoms with Crippen molar-refractivity contribution in [3.05, 3.63) is 81.3 Å². The number of amides is 1. The summed E-state index contributed by atoms with van der Waals surface area (Å²) in [7, 11) is 0. The van der Waals surface area contributed by atoms with Gasteiger partial charge in [0.05, 0.1) is 16.9 Å². The minimum atomic E-state index is -0.144. The van der Waals surface area contributed by atoms with Crippen LogP contribution in [0.3, 0.4) is 0 Å². The van der Waals surface area contributed by atoms with Gasteiger partial charge in [-0.3, -0.25) is 19.7 Å². The van der Waals surface area contributed by atoms with Gasteiger partial charge in [-0.1, -0.05) is 38.5 Å². The molecule has 32 heavy (non-hydrogen) atoms.